The van der Waals surface area contributed by atoms with Crippen molar-refractivity contribution >= 4 is 42.1 Å². The third-order valence-electron chi connectivity index (χ3n) is 10.6. The molecule has 1 aliphatic rings. The summed E-state index contributed by atoms with van der Waals surface area (Å²) < 4.78 is 0. The number of benzene rings is 3. The van der Waals surface area contributed by atoms with Crippen LogP contribution in [0.5, 0.6) is 0 Å². The largest absolute Gasteiger partial charge is 0.488 e. The van der Waals surface area contributed by atoms with Gasteiger partial charge in [0.15, 0.2) is 0 Å². The Bertz CT molecular complexity index is 1830. The zero-order valence-corrected chi connectivity index (χ0v) is 34.1. The molecule has 1 saturated heterocycles. The number of likely N-dealkylation sites (tertiary alicyclic amines) is 1. The van der Waals surface area contributed by atoms with E-state index >= 15 is 0 Å². The highest BCUT2D eigenvalue weighted by atomic mass is 16.4. The topological polar surface area (TPSA) is 255 Å². The number of amides is 5. The van der Waals surface area contributed by atoms with Crippen LogP contribution < -0.4 is 43.9 Å². The van der Waals surface area contributed by atoms with E-state index in [1.54, 1.807) is 29.2 Å². The van der Waals surface area contributed by atoms with Crippen LogP contribution in [0.3, 0.4) is 0 Å². The number of carbonyl (C=O) groups excluding carboxylic acids is 5. The van der Waals surface area contributed by atoms with Crippen LogP contribution in [0, 0.1) is 5.92 Å². The first-order chi connectivity index (χ1) is 28.2. The van der Waals surface area contributed by atoms with Crippen LogP contribution in [0.25, 0.3) is 0 Å². The van der Waals surface area contributed by atoms with E-state index in [1.807, 2.05) is 74.5 Å². The molecule has 0 aromatic heterocycles. The van der Waals surface area contributed by atoms with E-state index in [9.17, 15) is 34.0 Å². The van der Waals surface area contributed by atoms with Gasteiger partial charge in [0.2, 0.25) is 29.5 Å². The SMILES string of the molecule is CC(C)C[C@@H](NC(=O)[C@@H](Cc1ccccc1)NC(=O)[C@H](N)Cc1ccccc1)C(=O)N[C@H](CCCCN)C(=O)N1CCC(N)(C(=O)NCc2cccc(B(O)O)c2)CC1. The van der Waals surface area contributed by atoms with Crippen molar-refractivity contribution in [1.82, 2.24) is 26.2 Å². The minimum Gasteiger partial charge on any atom is -0.423 e. The van der Waals surface area contributed by atoms with Crippen molar-refractivity contribution in [3.63, 3.8) is 0 Å². The molecule has 5 amide bonds. The lowest BCUT2D eigenvalue weighted by molar-refractivity contribution is -0.140. The zero-order chi connectivity index (χ0) is 43.0. The highest BCUT2D eigenvalue weighted by Crippen LogP contribution is 2.22. The third kappa shape index (κ3) is 14.6. The predicted octanol–water partition coefficient (Wildman–Crippen LogP) is -0.255. The van der Waals surface area contributed by atoms with Crippen molar-refractivity contribution < 1.29 is 34.0 Å². The number of nitrogens with two attached hydrogens (primary N) is 3. The van der Waals surface area contributed by atoms with Gasteiger partial charge >= 0.3 is 7.12 Å². The zero-order valence-electron chi connectivity index (χ0n) is 34.1. The molecule has 16 heteroatoms. The van der Waals surface area contributed by atoms with Gasteiger partial charge in [0.05, 0.1) is 11.6 Å². The Morgan fingerprint density at radius 2 is 1.31 bits per heavy atom. The molecule has 0 aliphatic carbocycles. The quantitative estimate of drug-likeness (QED) is 0.0504. The maximum absolute atomic E-state index is 14.1. The molecule has 3 aromatic carbocycles. The Balaban J connectivity index is 1.43. The predicted molar refractivity (Wildman–Crippen MR) is 227 cm³/mol. The monoisotopic (exact) mass is 812 g/mol. The van der Waals surface area contributed by atoms with Gasteiger partial charge in [-0.15, -0.1) is 0 Å². The maximum atomic E-state index is 14.1. The van der Waals surface area contributed by atoms with E-state index in [0.29, 0.717) is 36.8 Å². The average molecular weight is 813 g/mol. The molecule has 318 valence electrons. The number of carbonyl (C=O) groups is 5. The Labute approximate surface area is 347 Å². The van der Waals surface area contributed by atoms with Crippen LogP contribution in [0.1, 0.15) is 69.1 Å². The summed E-state index contributed by atoms with van der Waals surface area (Å²) >= 11 is 0. The van der Waals surface area contributed by atoms with Gasteiger partial charge in [-0.05, 0) is 79.6 Å². The third-order valence-corrected chi connectivity index (χ3v) is 10.6. The lowest BCUT2D eigenvalue weighted by Crippen LogP contribution is -2.62. The average Bonchev–Trinajstić information content (AvgIpc) is 3.22. The molecule has 1 fully saturated rings. The fraction of sp³-hybridized carbons (Fsp3) is 0.465. The van der Waals surface area contributed by atoms with E-state index < -0.39 is 54.5 Å². The summed E-state index contributed by atoms with van der Waals surface area (Å²) in [6, 6.07) is 21.2. The molecule has 4 atom stereocenters. The number of hydrogen-bond acceptors (Lipinski definition) is 10. The molecule has 0 bridgehead atoms. The smallest absolute Gasteiger partial charge is 0.423 e. The second-order valence-electron chi connectivity index (χ2n) is 15.9. The summed E-state index contributed by atoms with van der Waals surface area (Å²) in [5.74, 6) is -2.34. The normalized spacial score (nSPS) is 15.6. The van der Waals surface area contributed by atoms with Gasteiger partial charge < -0.3 is 53.4 Å². The van der Waals surface area contributed by atoms with Crippen LogP contribution in [-0.4, -0.2) is 101 Å². The minimum absolute atomic E-state index is 0.0185. The standard InChI is InChI=1S/C43H61BN8O7/c1-29(2)24-36(51-40(55)37(27-31-14-7-4-8-15-31)50-38(53)34(46)26-30-12-5-3-6-13-30)39(54)49-35(18-9-10-21-45)41(56)52-22-19-43(47,20-23-52)42(57)48-28-32-16-11-17-33(25-32)44(58)59/h3-8,11-17,25,29,34-37,58-59H,9-10,18-24,26-28,45-47H2,1-2H3,(H,48,57)(H,49,54)(H,50,53)(H,51,55)/t34-,35-,36-,37-/m1/s1. The van der Waals surface area contributed by atoms with E-state index in [-0.39, 0.29) is 69.5 Å². The molecule has 1 heterocycles. The Hall–Kier alpha value is -5.13. The fourth-order valence-electron chi connectivity index (χ4n) is 7.09. The van der Waals surface area contributed by atoms with Crippen LogP contribution in [0.2, 0.25) is 0 Å². The first-order valence-corrected chi connectivity index (χ1v) is 20.4. The number of nitrogens with zero attached hydrogens (tertiary/aromatic N) is 1. The molecule has 0 radical (unpaired) electrons. The van der Waals surface area contributed by atoms with Crippen molar-refractivity contribution in [2.75, 3.05) is 19.6 Å². The van der Waals surface area contributed by atoms with Crippen molar-refractivity contribution in [3.05, 3.63) is 102 Å². The molecule has 1 aliphatic heterocycles. The molecular formula is C43H61BN8O7. The second-order valence-corrected chi connectivity index (χ2v) is 15.9. The van der Waals surface area contributed by atoms with Gasteiger partial charge in [-0.25, -0.2) is 0 Å². The first kappa shape index (κ1) is 46.6. The minimum atomic E-state index is -1.64. The summed E-state index contributed by atoms with van der Waals surface area (Å²) in [7, 11) is -1.64. The van der Waals surface area contributed by atoms with Crippen LogP contribution in [-0.2, 0) is 43.4 Å². The Kier molecular flexibility index (Phi) is 18.1. The number of piperidine rings is 1. The van der Waals surface area contributed by atoms with Gasteiger partial charge in [0.1, 0.15) is 18.1 Å². The first-order valence-electron chi connectivity index (χ1n) is 20.4. The van der Waals surface area contributed by atoms with Crippen LogP contribution in [0.4, 0.5) is 0 Å². The van der Waals surface area contributed by atoms with Gasteiger partial charge in [0.25, 0.3) is 0 Å². The lowest BCUT2D eigenvalue weighted by atomic mass is 9.79. The van der Waals surface area contributed by atoms with Crippen molar-refractivity contribution in [1.29, 1.82) is 0 Å². The molecule has 3 aromatic rings. The summed E-state index contributed by atoms with van der Waals surface area (Å²) in [6.45, 7) is 4.73. The molecule has 0 saturated carbocycles. The maximum Gasteiger partial charge on any atom is 0.488 e. The Morgan fingerprint density at radius 1 is 0.746 bits per heavy atom. The summed E-state index contributed by atoms with van der Waals surface area (Å²) in [5.41, 5.74) is 20.0. The number of hydrogen-bond donors (Lipinski definition) is 9. The highest BCUT2D eigenvalue weighted by molar-refractivity contribution is 6.58. The summed E-state index contributed by atoms with van der Waals surface area (Å²) in [6.07, 6.45) is 2.55. The molecule has 15 nitrogen and oxygen atoms in total. The number of rotatable bonds is 21. The second kappa shape index (κ2) is 22.9. The van der Waals surface area contributed by atoms with Crippen molar-refractivity contribution in [2.24, 2.45) is 23.1 Å². The highest BCUT2D eigenvalue weighted by Gasteiger charge is 2.40. The van der Waals surface area contributed by atoms with E-state index in [2.05, 4.69) is 21.3 Å². The van der Waals surface area contributed by atoms with Gasteiger partial charge in [-0.3, -0.25) is 24.0 Å². The number of nitrogens with one attached hydrogen (secondary N) is 4. The van der Waals surface area contributed by atoms with Gasteiger partial charge in [-0.1, -0.05) is 98.8 Å². The molecule has 0 spiro atoms. The van der Waals surface area contributed by atoms with E-state index in [1.165, 1.54) is 0 Å². The molecule has 4 rings (SSSR count). The molecular weight excluding hydrogens is 751 g/mol. The Morgan fingerprint density at radius 3 is 1.90 bits per heavy atom. The summed E-state index contributed by atoms with van der Waals surface area (Å²) in [5, 5.41) is 30.4. The lowest BCUT2D eigenvalue weighted by Gasteiger charge is -2.39. The fourth-order valence-corrected chi connectivity index (χ4v) is 7.09. The van der Waals surface area contributed by atoms with Crippen molar-refractivity contribution in [3.8, 4) is 0 Å². The molecule has 0 unspecified atom stereocenters. The number of unbranched alkanes of at least 4 members (excludes halogenated alkanes) is 1. The van der Waals surface area contributed by atoms with E-state index in [0.717, 1.165) is 11.1 Å². The van der Waals surface area contributed by atoms with Crippen LogP contribution >= 0.6 is 0 Å². The summed E-state index contributed by atoms with van der Waals surface area (Å²) in [4.78, 5) is 70.3. The van der Waals surface area contributed by atoms with E-state index in [4.69, 9.17) is 17.2 Å². The molecule has 59 heavy (non-hydrogen) atoms. The van der Waals surface area contributed by atoms with Crippen molar-refractivity contribution in [2.45, 2.75) is 101 Å². The molecule has 12 N–H and O–H groups in total. The van der Waals surface area contributed by atoms with Gasteiger partial charge in [0, 0.05) is 26.1 Å². The van der Waals surface area contributed by atoms with Crippen LogP contribution in [0.15, 0.2) is 84.9 Å². The van der Waals surface area contributed by atoms with Gasteiger partial charge in [-0.2, -0.15) is 0 Å².